The molecule has 1 heterocycles. The Morgan fingerprint density at radius 1 is 1.23 bits per heavy atom. The van der Waals surface area contributed by atoms with Crippen LogP contribution in [0.2, 0.25) is 0 Å². The average Bonchev–Trinajstić information content (AvgIpc) is 3.11. The Balaban J connectivity index is 1.62. The molecule has 3 aromatic rings. The molecule has 3 rings (SSSR count). The molecule has 1 aromatic heterocycles. The van der Waals surface area contributed by atoms with Crippen molar-refractivity contribution in [2.75, 3.05) is 5.32 Å². The van der Waals surface area contributed by atoms with Crippen molar-refractivity contribution in [2.24, 2.45) is 0 Å². The number of aromatic nitrogens is 2. The molecule has 1 amide bonds. The zero-order valence-electron chi connectivity index (χ0n) is 15.0. The number of ether oxygens (including phenoxy) is 1. The predicted octanol–water partition coefficient (Wildman–Crippen LogP) is 4.01. The third-order valence-electron chi connectivity index (χ3n) is 3.94. The molecule has 0 saturated carbocycles. The van der Waals surface area contributed by atoms with E-state index in [0.29, 0.717) is 11.6 Å². The lowest BCUT2D eigenvalue weighted by atomic mass is 10.1. The highest BCUT2D eigenvalue weighted by Crippen LogP contribution is 2.20. The van der Waals surface area contributed by atoms with Gasteiger partial charge in [-0.3, -0.25) is 10.1 Å². The van der Waals surface area contributed by atoms with E-state index in [0.717, 1.165) is 17.5 Å². The first-order valence-corrected chi connectivity index (χ1v) is 8.52. The lowest BCUT2D eigenvalue weighted by Gasteiger charge is -2.13. The number of amides is 1. The van der Waals surface area contributed by atoms with Crippen LogP contribution in [0.1, 0.15) is 25.0 Å². The fourth-order valence-electron chi connectivity index (χ4n) is 2.44. The van der Waals surface area contributed by atoms with Gasteiger partial charge >= 0.3 is 0 Å². The summed E-state index contributed by atoms with van der Waals surface area (Å²) in [7, 11) is 0. The van der Waals surface area contributed by atoms with Crippen LogP contribution in [-0.2, 0) is 11.2 Å². The smallest absolute Gasteiger partial charge is 0.270 e. The standard InChI is InChI=1S/C20H21N3O3/c1-4-15-8-10-17(11-9-15)25-14(3)18(24)21-20-22-19(26-23-20)16-7-5-6-13(2)12-16/h5-12,14H,4H2,1-3H3,(H,21,23,24)/t14-/m0/s1. The number of rotatable bonds is 6. The number of carbonyl (C=O) groups is 1. The van der Waals surface area contributed by atoms with E-state index in [1.54, 1.807) is 6.92 Å². The Labute approximate surface area is 152 Å². The number of nitrogens with zero attached hydrogens (tertiary/aromatic N) is 2. The number of anilines is 1. The molecule has 0 spiro atoms. The van der Waals surface area contributed by atoms with E-state index in [1.165, 1.54) is 5.56 Å². The third kappa shape index (κ3) is 4.27. The van der Waals surface area contributed by atoms with E-state index < -0.39 is 6.10 Å². The molecule has 0 aliphatic rings. The van der Waals surface area contributed by atoms with Crippen LogP contribution < -0.4 is 10.1 Å². The minimum Gasteiger partial charge on any atom is -0.481 e. The molecule has 1 N–H and O–H groups in total. The van der Waals surface area contributed by atoms with Gasteiger partial charge in [0.05, 0.1) is 0 Å². The van der Waals surface area contributed by atoms with Crippen LogP contribution in [0.4, 0.5) is 5.95 Å². The van der Waals surface area contributed by atoms with Crippen LogP contribution in [0.5, 0.6) is 5.75 Å². The van der Waals surface area contributed by atoms with Gasteiger partial charge in [-0.2, -0.15) is 4.98 Å². The monoisotopic (exact) mass is 351 g/mol. The van der Waals surface area contributed by atoms with Gasteiger partial charge in [0, 0.05) is 5.56 Å². The van der Waals surface area contributed by atoms with Crippen molar-refractivity contribution >= 4 is 11.9 Å². The molecule has 0 aliphatic heterocycles. The second-order valence-electron chi connectivity index (χ2n) is 6.04. The molecule has 0 bridgehead atoms. The molecule has 1 atom stereocenters. The zero-order valence-corrected chi connectivity index (χ0v) is 15.0. The SMILES string of the molecule is CCc1ccc(O[C@@H](C)C(=O)Nc2noc(-c3cccc(C)c3)n2)cc1. The third-order valence-corrected chi connectivity index (χ3v) is 3.94. The van der Waals surface area contributed by atoms with Crippen molar-refractivity contribution < 1.29 is 14.1 Å². The molecule has 0 unspecified atom stereocenters. The quantitative estimate of drug-likeness (QED) is 0.726. The summed E-state index contributed by atoms with van der Waals surface area (Å²) >= 11 is 0. The van der Waals surface area contributed by atoms with Gasteiger partial charge < -0.3 is 9.26 Å². The van der Waals surface area contributed by atoms with Gasteiger partial charge in [0.2, 0.25) is 0 Å². The van der Waals surface area contributed by atoms with E-state index >= 15 is 0 Å². The maximum atomic E-state index is 12.3. The second kappa shape index (κ2) is 7.82. The molecular weight excluding hydrogens is 330 g/mol. The van der Waals surface area contributed by atoms with Gasteiger partial charge in [-0.05, 0) is 55.3 Å². The summed E-state index contributed by atoms with van der Waals surface area (Å²) in [5, 5.41) is 6.41. The molecule has 2 aromatic carbocycles. The molecule has 0 saturated heterocycles. The van der Waals surface area contributed by atoms with E-state index in [-0.39, 0.29) is 11.9 Å². The number of aryl methyl sites for hydroxylation is 2. The zero-order chi connectivity index (χ0) is 18.5. The highest BCUT2D eigenvalue weighted by atomic mass is 16.5. The van der Waals surface area contributed by atoms with Crippen LogP contribution in [-0.4, -0.2) is 22.2 Å². The van der Waals surface area contributed by atoms with E-state index in [2.05, 4.69) is 22.4 Å². The molecule has 0 aliphatic carbocycles. The first-order valence-electron chi connectivity index (χ1n) is 8.52. The van der Waals surface area contributed by atoms with Crippen molar-refractivity contribution in [2.45, 2.75) is 33.3 Å². The Morgan fingerprint density at radius 3 is 2.69 bits per heavy atom. The Morgan fingerprint density at radius 2 is 2.00 bits per heavy atom. The molecule has 0 radical (unpaired) electrons. The lowest BCUT2D eigenvalue weighted by molar-refractivity contribution is -0.122. The molecule has 6 nitrogen and oxygen atoms in total. The van der Waals surface area contributed by atoms with Gasteiger partial charge in [0.15, 0.2) is 6.10 Å². The summed E-state index contributed by atoms with van der Waals surface area (Å²) in [6, 6.07) is 15.4. The van der Waals surface area contributed by atoms with Crippen molar-refractivity contribution in [3.8, 4) is 17.2 Å². The minimum atomic E-state index is -0.691. The Hall–Kier alpha value is -3.15. The topological polar surface area (TPSA) is 77.2 Å². The van der Waals surface area contributed by atoms with Crippen LogP contribution in [0.3, 0.4) is 0 Å². The van der Waals surface area contributed by atoms with Gasteiger partial charge in [0.1, 0.15) is 5.75 Å². The number of benzene rings is 2. The highest BCUT2D eigenvalue weighted by Gasteiger charge is 2.18. The normalized spacial score (nSPS) is 11.8. The highest BCUT2D eigenvalue weighted by molar-refractivity contribution is 5.92. The fourth-order valence-corrected chi connectivity index (χ4v) is 2.44. The number of nitrogens with one attached hydrogen (secondary N) is 1. The molecule has 6 heteroatoms. The maximum Gasteiger partial charge on any atom is 0.270 e. The first kappa shape index (κ1) is 17.7. The molecule has 26 heavy (non-hydrogen) atoms. The predicted molar refractivity (Wildman–Crippen MR) is 99.0 cm³/mol. The maximum absolute atomic E-state index is 12.3. The number of hydrogen-bond donors (Lipinski definition) is 1. The van der Waals surface area contributed by atoms with E-state index in [4.69, 9.17) is 9.26 Å². The summed E-state index contributed by atoms with van der Waals surface area (Å²) in [4.78, 5) is 16.5. The van der Waals surface area contributed by atoms with E-state index in [9.17, 15) is 4.79 Å². The summed E-state index contributed by atoms with van der Waals surface area (Å²) in [6.07, 6.45) is 0.264. The molecule has 134 valence electrons. The van der Waals surface area contributed by atoms with Crippen molar-refractivity contribution in [3.05, 3.63) is 59.7 Å². The molecule has 0 fully saturated rings. The molecular formula is C20H21N3O3. The minimum absolute atomic E-state index is 0.114. The van der Waals surface area contributed by atoms with Crippen molar-refractivity contribution in [1.82, 2.24) is 10.1 Å². The van der Waals surface area contributed by atoms with Crippen LogP contribution in [0.15, 0.2) is 53.1 Å². The van der Waals surface area contributed by atoms with Gasteiger partial charge in [-0.25, -0.2) is 0 Å². The summed E-state index contributed by atoms with van der Waals surface area (Å²) in [5.74, 6) is 0.760. The lowest BCUT2D eigenvalue weighted by Crippen LogP contribution is -2.30. The number of hydrogen-bond acceptors (Lipinski definition) is 5. The summed E-state index contributed by atoms with van der Waals surface area (Å²) in [5.41, 5.74) is 3.10. The first-order chi connectivity index (χ1) is 12.5. The van der Waals surface area contributed by atoms with Crippen LogP contribution in [0, 0.1) is 6.92 Å². The Bertz CT molecular complexity index is 887. The van der Waals surface area contributed by atoms with Crippen LogP contribution >= 0.6 is 0 Å². The fraction of sp³-hybridized carbons (Fsp3) is 0.250. The van der Waals surface area contributed by atoms with Crippen LogP contribution in [0.25, 0.3) is 11.5 Å². The average molecular weight is 351 g/mol. The van der Waals surface area contributed by atoms with Gasteiger partial charge in [-0.15, -0.1) is 0 Å². The Kier molecular flexibility index (Phi) is 5.31. The summed E-state index contributed by atoms with van der Waals surface area (Å²) in [6.45, 7) is 5.74. The van der Waals surface area contributed by atoms with E-state index in [1.807, 2.05) is 55.5 Å². The second-order valence-corrected chi connectivity index (χ2v) is 6.04. The largest absolute Gasteiger partial charge is 0.481 e. The van der Waals surface area contributed by atoms with Crippen molar-refractivity contribution in [3.63, 3.8) is 0 Å². The van der Waals surface area contributed by atoms with Crippen molar-refractivity contribution in [1.29, 1.82) is 0 Å². The summed E-state index contributed by atoms with van der Waals surface area (Å²) < 4.78 is 10.9. The number of carbonyl (C=O) groups excluding carboxylic acids is 1. The van der Waals surface area contributed by atoms with Gasteiger partial charge in [0.25, 0.3) is 17.7 Å². The van der Waals surface area contributed by atoms with Gasteiger partial charge in [-0.1, -0.05) is 36.8 Å².